The second-order valence-corrected chi connectivity index (χ2v) is 7.13. The van der Waals surface area contributed by atoms with Crippen LogP contribution in [0.5, 0.6) is 0 Å². The van der Waals surface area contributed by atoms with Crippen molar-refractivity contribution >= 4 is 17.5 Å². The predicted octanol–water partition coefficient (Wildman–Crippen LogP) is 1.30. The van der Waals surface area contributed by atoms with E-state index in [1.807, 2.05) is 18.2 Å². The minimum atomic E-state index is -0.421. The summed E-state index contributed by atoms with van der Waals surface area (Å²) < 4.78 is 0. The van der Waals surface area contributed by atoms with Crippen LogP contribution in [0.3, 0.4) is 0 Å². The molecule has 1 atom stereocenters. The molecule has 1 spiro atoms. The lowest BCUT2D eigenvalue weighted by molar-refractivity contribution is -0.145. The lowest BCUT2D eigenvalue weighted by atomic mass is 9.99. The van der Waals surface area contributed by atoms with Crippen molar-refractivity contribution in [2.75, 3.05) is 31.1 Å². The molecule has 5 heteroatoms. The number of nitrogens with zero attached hydrogens (tertiary/aromatic N) is 2. The number of fused-ring (bicyclic) bond motifs is 2. The van der Waals surface area contributed by atoms with Crippen molar-refractivity contribution < 1.29 is 14.7 Å². The van der Waals surface area contributed by atoms with E-state index in [1.54, 1.807) is 9.80 Å². The molecule has 2 heterocycles. The number of rotatable bonds is 1. The number of hydrogen-bond acceptors (Lipinski definition) is 3. The van der Waals surface area contributed by atoms with Crippen molar-refractivity contribution in [2.45, 2.75) is 31.1 Å². The SMILES string of the molecule is O=C(C(=O)N1CC2(CC2)c2ccccc21)N1CCCC(CO)C1. The summed E-state index contributed by atoms with van der Waals surface area (Å²) in [6.45, 7) is 1.81. The maximum Gasteiger partial charge on any atom is 0.316 e. The van der Waals surface area contributed by atoms with E-state index in [4.69, 9.17) is 0 Å². The average molecular weight is 314 g/mol. The summed E-state index contributed by atoms with van der Waals surface area (Å²) in [7, 11) is 0. The topological polar surface area (TPSA) is 60.9 Å². The summed E-state index contributed by atoms with van der Waals surface area (Å²) in [5.74, 6) is -0.739. The standard InChI is InChI=1S/C18H22N2O3/c21-11-13-4-3-9-19(10-13)16(22)17(23)20-12-18(7-8-18)14-5-1-2-6-15(14)20/h1-2,5-6,13,21H,3-4,7-12H2. The van der Waals surface area contributed by atoms with Crippen molar-refractivity contribution in [1.82, 2.24) is 4.90 Å². The lowest BCUT2D eigenvalue weighted by Gasteiger charge is -2.32. The van der Waals surface area contributed by atoms with E-state index in [1.165, 1.54) is 5.56 Å². The van der Waals surface area contributed by atoms with Crippen molar-refractivity contribution in [3.63, 3.8) is 0 Å². The number of para-hydroxylation sites is 1. The first-order valence-corrected chi connectivity index (χ1v) is 8.46. The van der Waals surface area contributed by atoms with Crippen molar-refractivity contribution in [3.8, 4) is 0 Å². The number of amides is 2. The Bertz CT molecular complexity index is 653. The Morgan fingerprint density at radius 1 is 1.22 bits per heavy atom. The highest BCUT2D eigenvalue weighted by Gasteiger charge is 2.53. The molecule has 0 aromatic heterocycles. The van der Waals surface area contributed by atoms with Crippen LogP contribution in [0.4, 0.5) is 5.69 Å². The molecule has 23 heavy (non-hydrogen) atoms. The third kappa shape index (κ3) is 2.34. The lowest BCUT2D eigenvalue weighted by Crippen LogP contribution is -2.49. The molecule has 4 rings (SSSR count). The van der Waals surface area contributed by atoms with Crippen LogP contribution in [0.2, 0.25) is 0 Å². The van der Waals surface area contributed by atoms with E-state index >= 15 is 0 Å². The third-order valence-electron chi connectivity index (χ3n) is 5.57. The summed E-state index contributed by atoms with van der Waals surface area (Å²) in [6.07, 6.45) is 3.96. The van der Waals surface area contributed by atoms with Gasteiger partial charge in [-0.2, -0.15) is 0 Å². The van der Waals surface area contributed by atoms with E-state index in [2.05, 4.69) is 6.07 Å². The van der Waals surface area contributed by atoms with Crippen LogP contribution in [-0.4, -0.2) is 48.1 Å². The number of hydrogen-bond donors (Lipinski definition) is 1. The zero-order valence-corrected chi connectivity index (χ0v) is 13.2. The molecule has 1 aliphatic carbocycles. The Morgan fingerprint density at radius 2 is 2.00 bits per heavy atom. The fourth-order valence-corrected chi connectivity index (χ4v) is 4.04. The number of likely N-dealkylation sites (tertiary alicyclic amines) is 1. The quantitative estimate of drug-likeness (QED) is 0.795. The molecule has 2 amide bonds. The van der Waals surface area contributed by atoms with Gasteiger partial charge in [-0.15, -0.1) is 0 Å². The fourth-order valence-electron chi connectivity index (χ4n) is 4.04. The summed E-state index contributed by atoms with van der Waals surface area (Å²) in [5.41, 5.74) is 2.22. The summed E-state index contributed by atoms with van der Waals surface area (Å²) in [6, 6.07) is 7.96. The van der Waals surface area contributed by atoms with E-state index in [0.29, 0.717) is 19.6 Å². The summed E-state index contributed by atoms with van der Waals surface area (Å²) in [4.78, 5) is 28.7. The van der Waals surface area contributed by atoms with E-state index < -0.39 is 11.8 Å². The molecular formula is C18H22N2O3. The maximum absolute atomic E-state index is 12.8. The highest BCUT2D eigenvalue weighted by Crippen LogP contribution is 2.56. The molecule has 1 aromatic rings. The van der Waals surface area contributed by atoms with Gasteiger partial charge < -0.3 is 14.9 Å². The highest BCUT2D eigenvalue weighted by molar-refractivity contribution is 6.40. The first-order valence-electron chi connectivity index (χ1n) is 8.46. The molecule has 5 nitrogen and oxygen atoms in total. The van der Waals surface area contributed by atoms with Gasteiger partial charge in [0.2, 0.25) is 0 Å². The molecule has 1 saturated carbocycles. The van der Waals surface area contributed by atoms with Gasteiger partial charge in [0.25, 0.3) is 0 Å². The number of carbonyl (C=O) groups is 2. The average Bonchev–Trinajstić information content (AvgIpc) is 3.31. The van der Waals surface area contributed by atoms with Crippen LogP contribution >= 0.6 is 0 Å². The Balaban J connectivity index is 1.55. The Morgan fingerprint density at radius 3 is 2.74 bits per heavy atom. The van der Waals surface area contributed by atoms with Crippen LogP contribution in [0, 0.1) is 5.92 Å². The van der Waals surface area contributed by atoms with Gasteiger partial charge >= 0.3 is 11.8 Å². The largest absolute Gasteiger partial charge is 0.396 e. The number of anilines is 1. The zero-order valence-electron chi connectivity index (χ0n) is 13.2. The van der Waals surface area contributed by atoms with Crippen molar-refractivity contribution in [2.24, 2.45) is 5.92 Å². The number of piperidine rings is 1. The first-order chi connectivity index (χ1) is 11.1. The fraction of sp³-hybridized carbons (Fsp3) is 0.556. The van der Waals surface area contributed by atoms with Gasteiger partial charge in [-0.25, -0.2) is 0 Å². The predicted molar refractivity (Wildman–Crippen MR) is 86.1 cm³/mol. The molecule has 2 aliphatic heterocycles. The number of carbonyl (C=O) groups excluding carboxylic acids is 2. The molecule has 122 valence electrons. The Labute approximate surface area is 135 Å². The van der Waals surface area contributed by atoms with Gasteiger partial charge in [-0.3, -0.25) is 9.59 Å². The van der Waals surface area contributed by atoms with Gasteiger partial charge in [0.05, 0.1) is 0 Å². The maximum atomic E-state index is 12.8. The molecule has 0 radical (unpaired) electrons. The molecule has 1 N–H and O–H groups in total. The van der Waals surface area contributed by atoms with Gasteiger partial charge in [0, 0.05) is 37.3 Å². The van der Waals surface area contributed by atoms with E-state index in [9.17, 15) is 14.7 Å². The van der Waals surface area contributed by atoms with E-state index in [-0.39, 0.29) is 17.9 Å². The monoisotopic (exact) mass is 314 g/mol. The number of aliphatic hydroxyl groups is 1. The molecule has 3 aliphatic rings. The third-order valence-corrected chi connectivity index (χ3v) is 5.57. The summed E-state index contributed by atoms with van der Waals surface area (Å²) >= 11 is 0. The molecular weight excluding hydrogens is 292 g/mol. The van der Waals surface area contributed by atoms with Gasteiger partial charge in [0.15, 0.2) is 0 Å². The minimum Gasteiger partial charge on any atom is -0.396 e. The smallest absolute Gasteiger partial charge is 0.316 e. The van der Waals surface area contributed by atoms with Crippen LogP contribution < -0.4 is 4.90 Å². The normalized spacial score (nSPS) is 24.7. The second-order valence-electron chi connectivity index (χ2n) is 7.13. The van der Waals surface area contributed by atoms with E-state index in [0.717, 1.165) is 31.4 Å². The zero-order chi connectivity index (χ0) is 16.0. The van der Waals surface area contributed by atoms with Crippen LogP contribution in [0.1, 0.15) is 31.2 Å². The number of aliphatic hydroxyl groups excluding tert-OH is 1. The van der Waals surface area contributed by atoms with Gasteiger partial charge in [0.1, 0.15) is 0 Å². The van der Waals surface area contributed by atoms with Crippen molar-refractivity contribution in [3.05, 3.63) is 29.8 Å². The summed E-state index contributed by atoms with van der Waals surface area (Å²) in [5, 5.41) is 9.31. The first kappa shape index (κ1) is 14.7. The number of benzene rings is 1. The van der Waals surface area contributed by atoms with Crippen LogP contribution in [-0.2, 0) is 15.0 Å². The minimum absolute atomic E-state index is 0.0770. The second kappa shape index (κ2) is 5.34. The Hall–Kier alpha value is -1.88. The molecule has 1 aromatic carbocycles. The van der Waals surface area contributed by atoms with Crippen LogP contribution in [0.25, 0.3) is 0 Å². The molecule has 0 bridgehead atoms. The highest BCUT2D eigenvalue weighted by atomic mass is 16.3. The van der Waals surface area contributed by atoms with Gasteiger partial charge in [-0.05, 0) is 43.2 Å². The molecule has 1 saturated heterocycles. The molecule has 1 unspecified atom stereocenters. The van der Waals surface area contributed by atoms with Gasteiger partial charge in [-0.1, -0.05) is 18.2 Å². The van der Waals surface area contributed by atoms with Crippen molar-refractivity contribution in [1.29, 1.82) is 0 Å². The molecule has 2 fully saturated rings. The Kier molecular flexibility index (Phi) is 3.41. The van der Waals surface area contributed by atoms with Crippen LogP contribution in [0.15, 0.2) is 24.3 Å².